The van der Waals surface area contributed by atoms with E-state index >= 15 is 0 Å². The van der Waals surface area contributed by atoms with Crippen LogP contribution in [0.1, 0.15) is 54.9 Å². The first-order valence-electron chi connectivity index (χ1n) is 8.91. The van der Waals surface area contributed by atoms with E-state index in [-0.39, 0.29) is 35.1 Å². The van der Waals surface area contributed by atoms with Gasteiger partial charge in [0.1, 0.15) is 24.5 Å². The Labute approximate surface area is 159 Å². The van der Waals surface area contributed by atoms with Crippen LogP contribution in [0.15, 0.2) is 34.9 Å². The fraction of sp³-hybridized carbons (Fsp3) is 0.429. The zero-order valence-corrected chi connectivity index (χ0v) is 16.5. The second-order valence-electron chi connectivity index (χ2n) is 7.75. The molecule has 2 aromatic rings. The molecule has 0 aliphatic carbocycles. The summed E-state index contributed by atoms with van der Waals surface area (Å²) in [7, 11) is 0. The minimum Gasteiger partial charge on any atom is -0.491 e. The van der Waals surface area contributed by atoms with Gasteiger partial charge in [-0.15, -0.1) is 0 Å². The number of carboxylic acid groups (broad SMARTS) is 1. The first kappa shape index (κ1) is 20.6. The number of aryl methyl sites for hydroxylation is 1. The monoisotopic (exact) mass is 373 g/mol. The highest BCUT2D eigenvalue weighted by Crippen LogP contribution is 2.24. The van der Waals surface area contributed by atoms with E-state index in [1.54, 1.807) is 6.92 Å². The average Bonchev–Trinajstić information content (AvgIpc) is 2.92. The summed E-state index contributed by atoms with van der Waals surface area (Å²) in [6, 6.07) is 7.64. The molecular weight excluding hydrogens is 346 g/mol. The molecule has 1 amide bonds. The molecule has 146 valence electrons. The number of carbonyl (C=O) groups is 2. The van der Waals surface area contributed by atoms with Crippen LogP contribution >= 0.6 is 0 Å². The van der Waals surface area contributed by atoms with Gasteiger partial charge in [-0.25, -0.2) is 0 Å². The highest BCUT2D eigenvalue weighted by atomic mass is 16.5. The summed E-state index contributed by atoms with van der Waals surface area (Å²) in [5.74, 6) is -0.524. The molecule has 2 rings (SSSR count). The SMILES string of the molecule is Cc1coc(CC(=O)O)c1C(=O)NC(C)COc1ccc(C(C)(C)C)cc1. The Kier molecular flexibility index (Phi) is 6.31. The minimum atomic E-state index is -1.05. The van der Waals surface area contributed by atoms with Crippen molar-refractivity contribution in [1.82, 2.24) is 5.32 Å². The Bertz CT molecular complexity index is 799. The van der Waals surface area contributed by atoms with Crippen molar-refractivity contribution < 1.29 is 23.8 Å². The van der Waals surface area contributed by atoms with Crippen LogP contribution < -0.4 is 10.1 Å². The molecule has 1 aromatic heterocycles. The van der Waals surface area contributed by atoms with Crippen LogP contribution in [0.25, 0.3) is 0 Å². The molecule has 0 radical (unpaired) electrons. The molecule has 0 bridgehead atoms. The zero-order valence-electron chi connectivity index (χ0n) is 16.5. The number of hydrogen-bond acceptors (Lipinski definition) is 4. The van der Waals surface area contributed by atoms with Gasteiger partial charge in [-0.05, 0) is 37.0 Å². The van der Waals surface area contributed by atoms with Crippen molar-refractivity contribution >= 4 is 11.9 Å². The summed E-state index contributed by atoms with van der Waals surface area (Å²) >= 11 is 0. The van der Waals surface area contributed by atoms with Crippen molar-refractivity contribution in [2.45, 2.75) is 52.5 Å². The van der Waals surface area contributed by atoms with Gasteiger partial charge >= 0.3 is 5.97 Å². The van der Waals surface area contributed by atoms with E-state index in [1.165, 1.54) is 11.8 Å². The van der Waals surface area contributed by atoms with Gasteiger partial charge in [0.15, 0.2) is 0 Å². The largest absolute Gasteiger partial charge is 0.491 e. The topological polar surface area (TPSA) is 88.8 Å². The van der Waals surface area contributed by atoms with Crippen LogP contribution in [-0.4, -0.2) is 29.6 Å². The first-order valence-corrected chi connectivity index (χ1v) is 8.91. The Morgan fingerprint density at radius 3 is 2.41 bits per heavy atom. The summed E-state index contributed by atoms with van der Waals surface area (Å²) < 4.78 is 11.0. The summed E-state index contributed by atoms with van der Waals surface area (Å²) in [6.45, 7) is 10.3. The van der Waals surface area contributed by atoms with E-state index in [4.69, 9.17) is 14.3 Å². The third-order valence-electron chi connectivity index (χ3n) is 4.19. The van der Waals surface area contributed by atoms with E-state index in [1.807, 2.05) is 31.2 Å². The molecule has 0 saturated carbocycles. The molecule has 0 aliphatic rings. The Morgan fingerprint density at radius 1 is 1.22 bits per heavy atom. The molecule has 1 aromatic carbocycles. The van der Waals surface area contributed by atoms with Gasteiger partial charge in [0.05, 0.1) is 17.9 Å². The number of carboxylic acids is 1. The summed E-state index contributed by atoms with van der Waals surface area (Å²) in [5.41, 5.74) is 2.18. The molecule has 1 unspecified atom stereocenters. The molecule has 0 fully saturated rings. The molecule has 2 N–H and O–H groups in total. The number of carbonyl (C=O) groups excluding carboxylic acids is 1. The van der Waals surface area contributed by atoms with Gasteiger partial charge in [0.25, 0.3) is 5.91 Å². The summed E-state index contributed by atoms with van der Waals surface area (Å²) in [4.78, 5) is 23.4. The number of rotatable bonds is 7. The number of furan rings is 1. The van der Waals surface area contributed by atoms with Crippen LogP contribution in [0.4, 0.5) is 0 Å². The van der Waals surface area contributed by atoms with Crippen molar-refractivity contribution in [2.24, 2.45) is 0 Å². The third-order valence-corrected chi connectivity index (χ3v) is 4.19. The second kappa shape index (κ2) is 8.29. The maximum Gasteiger partial charge on any atom is 0.311 e. The van der Waals surface area contributed by atoms with Gasteiger partial charge < -0.3 is 19.6 Å². The van der Waals surface area contributed by atoms with Crippen molar-refractivity contribution in [1.29, 1.82) is 0 Å². The smallest absolute Gasteiger partial charge is 0.311 e. The maximum absolute atomic E-state index is 12.5. The Morgan fingerprint density at radius 2 is 1.85 bits per heavy atom. The quantitative estimate of drug-likeness (QED) is 0.772. The lowest BCUT2D eigenvalue weighted by molar-refractivity contribution is -0.136. The molecule has 0 spiro atoms. The minimum absolute atomic E-state index is 0.0793. The number of ether oxygens (including phenoxy) is 1. The van der Waals surface area contributed by atoms with Gasteiger partial charge in [0.2, 0.25) is 0 Å². The van der Waals surface area contributed by atoms with Crippen molar-refractivity contribution in [3.05, 3.63) is 53.0 Å². The van der Waals surface area contributed by atoms with Crippen LogP contribution in [0.2, 0.25) is 0 Å². The number of nitrogens with one attached hydrogen (secondary N) is 1. The van der Waals surface area contributed by atoms with E-state index in [0.717, 1.165) is 5.75 Å². The molecule has 1 atom stereocenters. The molecule has 1 heterocycles. The zero-order chi connectivity index (χ0) is 20.2. The number of aliphatic carboxylic acids is 1. The van der Waals surface area contributed by atoms with Gasteiger partial charge in [0, 0.05) is 5.56 Å². The lowest BCUT2D eigenvalue weighted by atomic mass is 9.87. The van der Waals surface area contributed by atoms with Crippen LogP contribution in [0.5, 0.6) is 5.75 Å². The predicted molar refractivity (Wildman–Crippen MR) is 102 cm³/mol. The van der Waals surface area contributed by atoms with Crippen molar-refractivity contribution in [2.75, 3.05) is 6.61 Å². The fourth-order valence-corrected chi connectivity index (χ4v) is 2.68. The molecule has 0 aliphatic heterocycles. The van der Waals surface area contributed by atoms with E-state index in [9.17, 15) is 9.59 Å². The van der Waals surface area contributed by atoms with Crippen LogP contribution in [0, 0.1) is 6.92 Å². The van der Waals surface area contributed by atoms with Crippen LogP contribution in [0.3, 0.4) is 0 Å². The highest BCUT2D eigenvalue weighted by molar-refractivity contribution is 5.97. The molecular formula is C21H27NO5. The van der Waals surface area contributed by atoms with E-state index in [2.05, 4.69) is 26.1 Å². The normalized spacial score (nSPS) is 12.5. The number of amides is 1. The number of benzene rings is 1. The standard InChI is InChI=1S/C21H27NO5/c1-13-11-27-17(10-18(23)24)19(13)20(25)22-14(2)12-26-16-8-6-15(7-9-16)21(3,4)5/h6-9,11,14H,10,12H2,1-5H3,(H,22,25)(H,23,24). The fourth-order valence-electron chi connectivity index (χ4n) is 2.68. The highest BCUT2D eigenvalue weighted by Gasteiger charge is 2.22. The Hall–Kier alpha value is -2.76. The molecule has 0 saturated heterocycles. The lowest BCUT2D eigenvalue weighted by Gasteiger charge is -2.20. The van der Waals surface area contributed by atoms with Crippen molar-refractivity contribution in [3.63, 3.8) is 0 Å². The van der Waals surface area contributed by atoms with Gasteiger partial charge in [-0.1, -0.05) is 32.9 Å². The average molecular weight is 373 g/mol. The summed E-state index contributed by atoms with van der Waals surface area (Å²) in [6.07, 6.45) is 1.06. The van der Waals surface area contributed by atoms with E-state index < -0.39 is 5.97 Å². The second-order valence-corrected chi connectivity index (χ2v) is 7.75. The van der Waals surface area contributed by atoms with Gasteiger partial charge in [-0.2, -0.15) is 0 Å². The van der Waals surface area contributed by atoms with Gasteiger partial charge in [-0.3, -0.25) is 9.59 Å². The lowest BCUT2D eigenvalue weighted by Crippen LogP contribution is -2.37. The van der Waals surface area contributed by atoms with Crippen LogP contribution in [-0.2, 0) is 16.6 Å². The molecule has 6 heteroatoms. The number of hydrogen-bond donors (Lipinski definition) is 2. The first-order chi connectivity index (χ1) is 12.6. The Balaban J connectivity index is 1.94. The third kappa shape index (κ3) is 5.61. The molecule has 6 nitrogen and oxygen atoms in total. The molecule has 27 heavy (non-hydrogen) atoms. The van der Waals surface area contributed by atoms with E-state index in [0.29, 0.717) is 12.2 Å². The maximum atomic E-state index is 12.5. The van der Waals surface area contributed by atoms with Crippen molar-refractivity contribution in [3.8, 4) is 5.75 Å². The summed E-state index contributed by atoms with van der Waals surface area (Å²) in [5, 5.41) is 11.8. The predicted octanol–water partition coefficient (Wildman–Crippen LogP) is 3.71.